The molecule has 29 heavy (non-hydrogen) atoms. The van der Waals surface area contributed by atoms with Crippen molar-refractivity contribution >= 4 is 23.4 Å². The molecule has 4 N–H and O–H groups in total. The van der Waals surface area contributed by atoms with Gasteiger partial charge in [0.15, 0.2) is 11.1 Å². The summed E-state index contributed by atoms with van der Waals surface area (Å²) >= 11 is 0. The molecule has 0 unspecified atom stereocenters. The van der Waals surface area contributed by atoms with Crippen molar-refractivity contribution in [1.82, 2.24) is 24.6 Å². The summed E-state index contributed by atoms with van der Waals surface area (Å²) in [6, 6.07) is 1.96. The van der Waals surface area contributed by atoms with Crippen LogP contribution in [0.15, 0.2) is 22.1 Å². The Labute approximate surface area is 165 Å². The standard InChI is InChI=1S/C19H23N7O3/c1-19(2,3)8-15(27)23-13-7-14(21-11-4-5-11)26-16(24-13)10(9-20-26)6-12-17(28)25-18(29)22-12/h6-7,9,11,28H,4-5,8H2,1-3H3,(H,23,27)(H2,22,25,29)/b10-6+,21-14?. The molecule has 10 heteroatoms. The van der Waals surface area contributed by atoms with Crippen LogP contribution >= 0.6 is 0 Å². The number of aromatic nitrogens is 5. The second-order valence-corrected chi connectivity index (χ2v) is 8.47. The lowest BCUT2D eigenvalue weighted by Gasteiger charge is -2.17. The third kappa shape index (κ3) is 4.36. The lowest BCUT2D eigenvalue weighted by Crippen LogP contribution is -2.24. The van der Waals surface area contributed by atoms with Gasteiger partial charge in [-0.25, -0.2) is 9.78 Å². The second-order valence-electron chi connectivity index (χ2n) is 8.47. The normalized spacial score (nSPS) is 16.0. The van der Waals surface area contributed by atoms with E-state index in [-0.39, 0.29) is 28.9 Å². The van der Waals surface area contributed by atoms with Crippen molar-refractivity contribution in [3.8, 4) is 5.88 Å². The quantitative estimate of drug-likeness (QED) is 0.505. The Balaban J connectivity index is 1.82. The number of fused-ring (bicyclic) bond motifs is 1. The number of imidazole rings is 1. The highest BCUT2D eigenvalue weighted by Gasteiger charge is 2.21. The van der Waals surface area contributed by atoms with Crippen molar-refractivity contribution < 1.29 is 9.90 Å². The topological polar surface area (TPSA) is 141 Å². The van der Waals surface area contributed by atoms with E-state index in [4.69, 9.17) is 0 Å². The van der Waals surface area contributed by atoms with Crippen LogP contribution in [0.25, 0.3) is 11.7 Å². The lowest BCUT2D eigenvalue weighted by molar-refractivity contribution is -0.117. The van der Waals surface area contributed by atoms with E-state index in [1.54, 1.807) is 22.9 Å². The number of rotatable bonds is 4. The summed E-state index contributed by atoms with van der Waals surface area (Å²) in [4.78, 5) is 37.7. The SMILES string of the molecule is CC(C)(C)CC(=O)Nc1cc(=NC2CC2)n2nc/c(=C\c3[nH]c(=O)[nH]c3O)c2n1. The van der Waals surface area contributed by atoms with E-state index in [0.717, 1.165) is 12.8 Å². The summed E-state index contributed by atoms with van der Waals surface area (Å²) in [5.74, 6) is -0.0238. The minimum Gasteiger partial charge on any atom is -0.493 e. The predicted octanol–water partition coefficient (Wildman–Crippen LogP) is 0.437. The molecule has 152 valence electrons. The van der Waals surface area contributed by atoms with Crippen molar-refractivity contribution in [1.29, 1.82) is 0 Å². The molecule has 0 aromatic carbocycles. The van der Waals surface area contributed by atoms with Gasteiger partial charge in [-0.05, 0) is 24.3 Å². The molecule has 4 rings (SSSR count). The molecule has 3 heterocycles. The first-order valence-corrected chi connectivity index (χ1v) is 9.43. The monoisotopic (exact) mass is 397 g/mol. The van der Waals surface area contributed by atoms with E-state index < -0.39 is 5.69 Å². The zero-order valence-corrected chi connectivity index (χ0v) is 16.5. The van der Waals surface area contributed by atoms with Crippen LogP contribution < -0.4 is 21.7 Å². The van der Waals surface area contributed by atoms with Crippen LogP contribution in [-0.4, -0.2) is 41.6 Å². The van der Waals surface area contributed by atoms with Gasteiger partial charge in [-0.1, -0.05) is 20.8 Å². The largest absolute Gasteiger partial charge is 0.493 e. The Kier molecular flexibility index (Phi) is 4.48. The van der Waals surface area contributed by atoms with E-state index in [0.29, 0.717) is 28.6 Å². The number of hydrogen-bond donors (Lipinski definition) is 4. The third-order valence-electron chi connectivity index (χ3n) is 4.34. The van der Waals surface area contributed by atoms with Crippen molar-refractivity contribution in [2.24, 2.45) is 10.4 Å². The molecule has 1 aliphatic carbocycles. The number of carbonyl (C=O) groups is 1. The maximum absolute atomic E-state index is 12.4. The Hall–Kier alpha value is -3.43. The zero-order chi connectivity index (χ0) is 20.8. The van der Waals surface area contributed by atoms with Gasteiger partial charge in [-0.2, -0.15) is 9.61 Å². The zero-order valence-electron chi connectivity index (χ0n) is 16.5. The molecule has 0 aliphatic heterocycles. The van der Waals surface area contributed by atoms with Crippen molar-refractivity contribution in [3.05, 3.63) is 39.1 Å². The molecular formula is C19H23N7O3. The van der Waals surface area contributed by atoms with Crippen LogP contribution in [-0.2, 0) is 4.79 Å². The average Bonchev–Trinajstić information content (AvgIpc) is 3.22. The summed E-state index contributed by atoms with van der Waals surface area (Å²) in [5, 5.41) is 17.6. The summed E-state index contributed by atoms with van der Waals surface area (Å²) in [6.45, 7) is 5.97. The molecule has 10 nitrogen and oxygen atoms in total. The van der Waals surface area contributed by atoms with Crippen LogP contribution in [0.5, 0.6) is 5.88 Å². The highest BCUT2D eigenvalue weighted by molar-refractivity contribution is 5.90. The molecule has 0 atom stereocenters. The molecule has 1 saturated carbocycles. The van der Waals surface area contributed by atoms with Gasteiger partial charge in [-0.15, -0.1) is 0 Å². The Morgan fingerprint density at radius 1 is 1.41 bits per heavy atom. The first kappa shape index (κ1) is 18.9. The summed E-state index contributed by atoms with van der Waals surface area (Å²) in [7, 11) is 0. The number of nitrogens with one attached hydrogen (secondary N) is 3. The van der Waals surface area contributed by atoms with Crippen molar-refractivity contribution in [2.45, 2.75) is 46.1 Å². The summed E-state index contributed by atoms with van der Waals surface area (Å²) in [6.07, 6.45) is 5.53. The average molecular weight is 397 g/mol. The maximum Gasteiger partial charge on any atom is 0.326 e. The number of H-pyrrole nitrogens is 2. The number of amides is 1. The second kappa shape index (κ2) is 6.87. The molecule has 3 aromatic rings. The first-order chi connectivity index (χ1) is 13.7. The van der Waals surface area contributed by atoms with Gasteiger partial charge in [0.25, 0.3) is 0 Å². The van der Waals surface area contributed by atoms with Gasteiger partial charge < -0.3 is 15.4 Å². The van der Waals surface area contributed by atoms with E-state index in [9.17, 15) is 14.7 Å². The molecule has 1 fully saturated rings. The fourth-order valence-corrected chi connectivity index (χ4v) is 2.93. The van der Waals surface area contributed by atoms with Gasteiger partial charge in [0.1, 0.15) is 11.5 Å². The molecule has 0 saturated heterocycles. The van der Waals surface area contributed by atoms with Gasteiger partial charge in [0, 0.05) is 17.7 Å². The van der Waals surface area contributed by atoms with Crippen LogP contribution in [0, 0.1) is 5.41 Å². The number of carbonyl (C=O) groups excluding carboxylic acids is 1. The molecule has 1 amide bonds. The van der Waals surface area contributed by atoms with Crippen molar-refractivity contribution in [2.75, 3.05) is 5.32 Å². The number of anilines is 1. The summed E-state index contributed by atoms with van der Waals surface area (Å²) < 4.78 is 1.59. The van der Waals surface area contributed by atoms with Crippen LogP contribution in [0.4, 0.5) is 5.82 Å². The van der Waals surface area contributed by atoms with Gasteiger partial charge in [-0.3, -0.25) is 14.8 Å². The van der Waals surface area contributed by atoms with E-state index in [1.807, 2.05) is 20.8 Å². The molecule has 3 aromatic heterocycles. The minimum atomic E-state index is -0.516. The number of aromatic amines is 2. The molecule has 1 aliphatic rings. The molecule has 0 bridgehead atoms. The fourth-order valence-electron chi connectivity index (χ4n) is 2.93. The van der Waals surface area contributed by atoms with Gasteiger partial charge in [0.05, 0.1) is 12.2 Å². The summed E-state index contributed by atoms with van der Waals surface area (Å²) in [5.41, 5.74) is 0.601. The Morgan fingerprint density at radius 2 is 2.17 bits per heavy atom. The smallest absolute Gasteiger partial charge is 0.326 e. The number of hydrogen-bond acceptors (Lipinski definition) is 6. The minimum absolute atomic E-state index is 0.135. The Bertz CT molecular complexity index is 1260. The van der Waals surface area contributed by atoms with E-state index >= 15 is 0 Å². The van der Waals surface area contributed by atoms with Crippen molar-refractivity contribution in [3.63, 3.8) is 0 Å². The first-order valence-electron chi connectivity index (χ1n) is 9.43. The van der Waals surface area contributed by atoms with Crippen LogP contribution in [0.1, 0.15) is 45.7 Å². The molecule has 0 radical (unpaired) electrons. The van der Waals surface area contributed by atoms with Gasteiger partial charge >= 0.3 is 5.69 Å². The number of aromatic hydroxyl groups is 1. The van der Waals surface area contributed by atoms with Crippen LogP contribution in [0.2, 0.25) is 0 Å². The van der Waals surface area contributed by atoms with E-state index in [1.165, 1.54) is 0 Å². The number of nitrogens with zero attached hydrogens (tertiary/aromatic N) is 4. The fraction of sp³-hybridized carbons (Fsp3) is 0.421. The highest BCUT2D eigenvalue weighted by Crippen LogP contribution is 2.22. The molecular weight excluding hydrogens is 374 g/mol. The Morgan fingerprint density at radius 3 is 2.79 bits per heavy atom. The predicted molar refractivity (Wildman–Crippen MR) is 106 cm³/mol. The van der Waals surface area contributed by atoms with Crippen LogP contribution in [0.3, 0.4) is 0 Å². The maximum atomic E-state index is 12.4. The van der Waals surface area contributed by atoms with Gasteiger partial charge in [0.2, 0.25) is 11.8 Å². The lowest BCUT2D eigenvalue weighted by atomic mass is 9.92. The molecule has 0 spiro atoms. The highest BCUT2D eigenvalue weighted by atomic mass is 16.3. The third-order valence-corrected chi connectivity index (χ3v) is 4.34. The van der Waals surface area contributed by atoms with E-state index in [2.05, 4.69) is 30.4 Å².